The number of nitrogens with one attached hydrogen (secondary N) is 1. The number of carbonyl (C=O) groups is 1. The van der Waals surface area contributed by atoms with Gasteiger partial charge in [-0.3, -0.25) is 15.0 Å². The predicted octanol–water partition coefficient (Wildman–Crippen LogP) is 3.48. The molecule has 180 valence electrons. The third kappa shape index (κ3) is 3.62. The Morgan fingerprint density at radius 3 is 2.61 bits per heavy atom. The summed E-state index contributed by atoms with van der Waals surface area (Å²) in [5.41, 5.74) is 6.00. The van der Waals surface area contributed by atoms with E-state index in [9.17, 15) is 9.59 Å². The van der Waals surface area contributed by atoms with Gasteiger partial charge in [-0.25, -0.2) is 9.19 Å². The molecule has 1 N–H and O–H groups in total. The molecule has 1 aliphatic rings. The van der Waals surface area contributed by atoms with Crippen LogP contribution >= 0.6 is 11.6 Å². The van der Waals surface area contributed by atoms with Gasteiger partial charge < -0.3 is 9.47 Å². The highest BCUT2D eigenvalue weighted by atomic mass is 35.5. The Balaban J connectivity index is 1.39. The maximum atomic E-state index is 13.2. The number of aromatic nitrogens is 5. The second-order valence-electron chi connectivity index (χ2n) is 8.14. The molecule has 6 rings (SSSR count). The number of benzene rings is 2. The number of halogens is 1. The SMILES string of the molecule is CCc1nn2c(nnc3c(=O)n(NC(=O)c4ccc5c(c4)OCCO5)ccc32)c1-c1ccc(Cl)cc1. The summed E-state index contributed by atoms with van der Waals surface area (Å²) in [5.74, 6) is 0.568. The lowest BCUT2D eigenvalue weighted by Gasteiger charge is -2.18. The van der Waals surface area contributed by atoms with Crippen LogP contribution in [-0.4, -0.2) is 43.6 Å². The minimum atomic E-state index is -0.533. The van der Waals surface area contributed by atoms with Crippen molar-refractivity contribution in [3.63, 3.8) is 0 Å². The van der Waals surface area contributed by atoms with E-state index in [0.717, 1.165) is 21.5 Å². The highest BCUT2D eigenvalue weighted by Crippen LogP contribution is 2.31. The fourth-order valence-electron chi connectivity index (χ4n) is 4.20. The van der Waals surface area contributed by atoms with Crippen LogP contribution in [0.5, 0.6) is 11.5 Å². The number of aryl methyl sites for hydroxylation is 1. The Hall–Kier alpha value is -4.44. The molecular weight excluding hydrogens is 484 g/mol. The molecule has 0 atom stereocenters. The Morgan fingerprint density at radius 2 is 1.83 bits per heavy atom. The average Bonchev–Trinajstić information content (AvgIpc) is 3.29. The van der Waals surface area contributed by atoms with Crippen molar-refractivity contribution < 1.29 is 14.3 Å². The summed E-state index contributed by atoms with van der Waals surface area (Å²) in [6.07, 6.45) is 2.13. The zero-order valence-electron chi connectivity index (χ0n) is 19.1. The molecule has 11 heteroatoms. The fraction of sp³-hybridized carbons (Fsp3) is 0.160. The largest absolute Gasteiger partial charge is 0.486 e. The highest BCUT2D eigenvalue weighted by Gasteiger charge is 2.20. The summed E-state index contributed by atoms with van der Waals surface area (Å²) in [7, 11) is 0. The number of hydrogen-bond donors (Lipinski definition) is 1. The number of amides is 1. The number of rotatable bonds is 4. The molecule has 0 radical (unpaired) electrons. The van der Waals surface area contributed by atoms with Crippen LogP contribution in [-0.2, 0) is 6.42 Å². The first-order valence-corrected chi connectivity index (χ1v) is 11.7. The van der Waals surface area contributed by atoms with Gasteiger partial charge in [-0.05, 0) is 48.4 Å². The monoisotopic (exact) mass is 502 g/mol. The number of hydrogen-bond acceptors (Lipinski definition) is 7. The maximum Gasteiger partial charge on any atom is 0.299 e. The first kappa shape index (κ1) is 22.1. The van der Waals surface area contributed by atoms with E-state index in [4.69, 9.17) is 26.2 Å². The molecule has 0 fully saturated rings. The lowest BCUT2D eigenvalue weighted by atomic mass is 10.0. The average molecular weight is 503 g/mol. The van der Waals surface area contributed by atoms with Gasteiger partial charge in [-0.1, -0.05) is 30.7 Å². The molecule has 36 heavy (non-hydrogen) atoms. The van der Waals surface area contributed by atoms with E-state index in [-0.39, 0.29) is 5.52 Å². The molecule has 0 spiro atoms. The van der Waals surface area contributed by atoms with E-state index in [1.807, 2.05) is 19.1 Å². The summed E-state index contributed by atoms with van der Waals surface area (Å²) in [6.45, 7) is 2.86. The number of fused-ring (bicyclic) bond motifs is 4. The van der Waals surface area contributed by atoms with Gasteiger partial charge in [0.1, 0.15) is 18.7 Å². The second kappa shape index (κ2) is 8.65. The summed E-state index contributed by atoms with van der Waals surface area (Å²) in [6, 6.07) is 13.9. The third-order valence-corrected chi connectivity index (χ3v) is 6.20. The summed E-state index contributed by atoms with van der Waals surface area (Å²) in [5, 5.41) is 13.9. The van der Waals surface area contributed by atoms with Gasteiger partial charge in [0.25, 0.3) is 11.5 Å². The van der Waals surface area contributed by atoms with Crippen molar-refractivity contribution in [2.75, 3.05) is 18.6 Å². The number of nitrogens with zero attached hydrogens (tertiary/aromatic N) is 5. The van der Waals surface area contributed by atoms with Crippen molar-refractivity contribution in [3.8, 4) is 22.6 Å². The van der Waals surface area contributed by atoms with Crippen LogP contribution in [0.4, 0.5) is 0 Å². The molecule has 5 aromatic rings. The molecule has 0 aliphatic carbocycles. The minimum Gasteiger partial charge on any atom is -0.486 e. The molecule has 1 aliphatic heterocycles. The molecule has 0 bridgehead atoms. The van der Waals surface area contributed by atoms with E-state index in [2.05, 4.69) is 15.6 Å². The van der Waals surface area contributed by atoms with Crippen molar-refractivity contribution >= 4 is 34.2 Å². The third-order valence-electron chi connectivity index (χ3n) is 5.95. The first-order chi connectivity index (χ1) is 17.5. The van der Waals surface area contributed by atoms with Gasteiger partial charge in [0.05, 0.1) is 11.3 Å². The number of ether oxygens (including phenoxy) is 2. The van der Waals surface area contributed by atoms with Crippen LogP contribution in [0.1, 0.15) is 23.0 Å². The van der Waals surface area contributed by atoms with Crippen LogP contribution in [0, 0.1) is 0 Å². The van der Waals surface area contributed by atoms with Crippen LogP contribution < -0.4 is 20.5 Å². The standard InChI is InChI=1S/C25H19ClN6O4/c1-2-17-21(14-3-6-16(26)7-4-14)23-28-27-22-18(32(23)29-17)9-10-31(25(22)34)30-24(33)15-5-8-19-20(13-15)36-12-11-35-19/h3-10,13H,2,11-12H2,1H3,(H,30,33). The Morgan fingerprint density at radius 1 is 1.06 bits per heavy atom. The lowest BCUT2D eigenvalue weighted by Crippen LogP contribution is -2.33. The molecule has 0 saturated carbocycles. The summed E-state index contributed by atoms with van der Waals surface area (Å²) < 4.78 is 13.7. The van der Waals surface area contributed by atoms with Crippen LogP contribution in [0.25, 0.3) is 27.8 Å². The predicted molar refractivity (Wildman–Crippen MR) is 133 cm³/mol. The summed E-state index contributed by atoms with van der Waals surface area (Å²) >= 11 is 6.05. The van der Waals surface area contributed by atoms with Gasteiger partial charge in [0.15, 0.2) is 22.7 Å². The van der Waals surface area contributed by atoms with Crippen molar-refractivity contribution in [3.05, 3.63) is 81.4 Å². The Labute approximate surface area is 209 Å². The molecule has 3 aromatic heterocycles. The lowest BCUT2D eigenvalue weighted by molar-refractivity contribution is 0.101. The van der Waals surface area contributed by atoms with Crippen molar-refractivity contribution in [1.29, 1.82) is 0 Å². The fourth-order valence-corrected chi connectivity index (χ4v) is 4.32. The Kier molecular flexibility index (Phi) is 5.30. The second-order valence-corrected chi connectivity index (χ2v) is 8.58. The zero-order valence-corrected chi connectivity index (χ0v) is 19.8. The number of pyridine rings is 1. The van der Waals surface area contributed by atoms with Crippen molar-refractivity contribution in [2.45, 2.75) is 13.3 Å². The molecule has 0 unspecified atom stereocenters. The first-order valence-electron chi connectivity index (χ1n) is 11.3. The highest BCUT2D eigenvalue weighted by molar-refractivity contribution is 6.30. The normalized spacial score (nSPS) is 12.7. The van der Waals surface area contributed by atoms with Gasteiger partial charge >= 0.3 is 0 Å². The topological polar surface area (TPSA) is 113 Å². The van der Waals surface area contributed by atoms with Crippen LogP contribution in [0.15, 0.2) is 59.5 Å². The molecule has 2 aromatic carbocycles. The van der Waals surface area contributed by atoms with Gasteiger partial charge in [0, 0.05) is 16.8 Å². The van der Waals surface area contributed by atoms with Gasteiger partial charge in [0.2, 0.25) is 0 Å². The zero-order chi connectivity index (χ0) is 24.8. The maximum absolute atomic E-state index is 13.2. The number of carbonyl (C=O) groups excluding carboxylic acids is 1. The molecule has 4 heterocycles. The minimum absolute atomic E-state index is 0.0697. The van der Waals surface area contributed by atoms with E-state index in [0.29, 0.717) is 52.9 Å². The molecular formula is C25H19ClN6O4. The van der Waals surface area contributed by atoms with Gasteiger partial charge in [-0.2, -0.15) is 5.10 Å². The molecule has 0 saturated heterocycles. The van der Waals surface area contributed by atoms with Crippen LogP contribution in [0.2, 0.25) is 5.02 Å². The molecule has 10 nitrogen and oxygen atoms in total. The smallest absolute Gasteiger partial charge is 0.299 e. The van der Waals surface area contributed by atoms with Gasteiger partial charge in [-0.15, -0.1) is 10.2 Å². The van der Waals surface area contributed by atoms with Crippen molar-refractivity contribution in [2.24, 2.45) is 0 Å². The summed E-state index contributed by atoms with van der Waals surface area (Å²) in [4.78, 5) is 26.0. The van der Waals surface area contributed by atoms with E-state index in [1.54, 1.807) is 40.9 Å². The Bertz CT molecular complexity index is 1710. The quantitative estimate of drug-likeness (QED) is 0.400. The molecule has 1 amide bonds. The van der Waals surface area contributed by atoms with Crippen molar-refractivity contribution in [1.82, 2.24) is 24.5 Å². The van der Waals surface area contributed by atoms with Crippen LogP contribution in [0.3, 0.4) is 0 Å². The van der Waals surface area contributed by atoms with E-state index in [1.165, 1.54) is 6.20 Å². The van der Waals surface area contributed by atoms with E-state index >= 15 is 0 Å². The van der Waals surface area contributed by atoms with E-state index < -0.39 is 11.5 Å².